The third-order valence-corrected chi connectivity index (χ3v) is 4.71. The Hall–Kier alpha value is -1.64. The third-order valence-electron chi connectivity index (χ3n) is 4.71. The minimum absolute atomic E-state index is 0.298. The van der Waals surface area contributed by atoms with Crippen molar-refractivity contribution in [2.45, 2.75) is 12.6 Å². The highest BCUT2D eigenvalue weighted by atomic mass is 16.5. The van der Waals surface area contributed by atoms with Gasteiger partial charge in [-0.05, 0) is 17.7 Å². The molecule has 1 aromatic carbocycles. The molecule has 0 aliphatic carbocycles. The van der Waals surface area contributed by atoms with Crippen LogP contribution in [0.2, 0.25) is 0 Å². The first-order valence-electron chi connectivity index (χ1n) is 9.76. The van der Waals surface area contributed by atoms with Crippen molar-refractivity contribution in [3.05, 3.63) is 36.4 Å². The Balaban J connectivity index is 1.98. The summed E-state index contributed by atoms with van der Waals surface area (Å²) in [4.78, 5) is 4.64. The van der Waals surface area contributed by atoms with Gasteiger partial charge in [0.25, 0.3) is 0 Å². The molecule has 1 aliphatic rings. The number of rotatable bonds is 13. The summed E-state index contributed by atoms with van der Waals surface area (Å²) in [5, 5.41) is 10.4. The Morgan fingerprint density at radius 3 is 2.68 bits per heavy atom. The number of aliphatic hydroxyl groups is 1. The molecule has 28 heavy (non-hydrogen) atoms. The molecule has 7 heteroatoms. The van der Waals surface area contributed by atoms with E-state index in [1.807, 2.05) is 18.2 Å². The first-order valence-corrected chi connectivity index (χ1v) is 9.76. The van der Waals surface area contributed by atoms with Gasteiger partial charge < -0.3 is 24.1 Å². The zero-order chi connectivity index (χ0) is 20.2. The van der Waals surface area contributed by atoms with E-state index in [0.717, 1.165) is 45.0 Å². The van der Waals surface area contributed by atoms with Gasteiger partial charge in [-0.15, -0.1) is 6.58 Å². The van der Waals surface area contributed by atoms with Crippen LogP contribution in [0, 0.1) is 0 Å². The van der Waals surface area contributed by atoms with Crippen molar-refractivity contribution in [3.8, 4) is 11.5 Å². The Bertz CT molecular complexity index is 578. The molecule has 158 valence electrons. The minimum Gasteiger partial charge on any atom is -0.493 e. The Morgan fingerprint density at radius 1 is 1.25 bits per heavy atom. The molecule has 0 spiro atoms. The predicted octanol–water partition coefficient (Wildman–Crippen LogP) is 1.40. The largest absolute Gasteiger partial charge is 0.493 e. The molecule has 1 atom stereocenters. The van der Waals surface area contributed by atoms with E-state index in [9.17, 15) is 5.11 Å². The van der Waals surface area contributed by atoms with Crippen LogP contribution >= 0.6 is 0 Å². The fourth-order valence-electron chi connectivity index (χ4n) is 3.22. The van der Waals surface area contributed by atoms with Crippen LogP contribution in [0.3, 0.4) is 0 Å². The fraction of sp³-hybridized carbons (Fsp3) is 0.619. The van der Waals surface area contributed by atoms with E-state index in [4.69, 9.17) is 18.9 Å². The van der Waals surface area contributed by atoms with E-state index < -0.39 is 6.10 Å². The lowest BCUT2D eigenvalue weighted by Crippen LogP contribution is -2.43. The first kappa shape index (κ1) is 22.6. The zero-order valence-corrected chi connectivity index (χ0v) is 17.1. The van der Waals surface area contributed by atoms with E-state index >= 15 is 0 Å². The predicted molar refractivity (Wildman–Crippen MR) is 109 cm³/mol. The Kier molecular flexibility index (Phi) is 10.3. The van der Waals surface area contributed by atoms with Crippen molar-refractivity contribution in [3.63, 3.8) is 0 Å². The second kappa shape index (κ2) is 12.7. The molecule has 0 radical (unpaired) electrons. The van der Waals surface area contributed by atoms with Gasteiger partial charge in [-0.3, -0.25) is 9.80 Å². The first-order chi connectivity index (χ1) is 13.7. The molecule has 1 aromatic rings. The Morgan fingerprint density at radius 2 is 2.00 bits per heavy atom. The highest BCUT2D eigenvalue weighted by molar-refractivity contribution is 5.42. The third kappa shape index (κ3) is 7.77. The maximum Gasteiger partial charge on any atom is 0.161 e. The minimum atomic E-state index is -0.551. The maximum atomic E-state index is 10.4. The standard InChI is InChI=1S/C21H34N2O5/c1-4-11-28-17-19(24)16-23(8-7-22-9-12-27-13-10-22)15-18-5-6-20(25-2)21(14-18)26-3/h4-6,14,19,24H,1,7-13,15-17H2,2-3H3/t19-/m0/s1. The lowest BCUT2D eigenvalue weighted by atomic mass is 10.1. The second-order valence-electron chi connectivity index (χ2n) is 6.86. The quantitative estimate of drug-likeness (QED) is 0.401. The molecule has 1 heterocycles. The van der Waals surface area contributed by atoms with Crippen LogP contribution < -0.4 is 9.47 Å². The fourth-order valence-corrected chi connectivity index (χ4v) is 3.22. The summed E-state index contributed by atoms with van der Waals surface area (Å²) in [6, 6.07) is 5.93. The van der Waals surface area contributed by atoms with E-state index in [1.165, 1.54) is 0 Å². The number of aliphatic hydroxyl groups excluding tert-OH is 1. The number of methoxy groups -OCH3 is 2. The lowest BCUT2D eigenvalue weighted by Gasteiger charge is -2.31. The number of morpholine rings is 1. The van der Waals surface area contributed by atoms with E-state index in [-0.39, 0.29) is 0 Å². The van der Waals surface area contributed by atoms with E-state index in [2.05, 4.69) is 16.4 Å². The summed E-state index contributed by atoms with van der Waals surface area (Å²) in [6.07, 6.45) is 1.14. The molecular formula is C21H34N2O5. The Labute approximate surface area is 168 Å². The number of ether oxygens (including phenoxy) is 4. The molecule has 1 fully saturated rings. The number of benzene rings is 1. The average molecular weight is 395 g/mol. The van der Waals surface area contributed by atoms with Gasteiger partial charge in [0.1, 0.15) is 0 Å². The summed E-state index contributed by atoms with van der Waals surface area (Å²) >= 11 is 0. The van der Waals surface area contributed by atoms with Gasteiger partial charge in [0.05, 0.1) is 46.8 Å². The topological polar surface area (TPSA) is 63.6 Å². The molecule has 1 aliphatic heterocycles. The highest BCUT2D eigenvalue weighted by Crippen LogP contribution is 2.28. The zero-order valence-electron chi connectivity index (χ0n) is 17.1. The van der Waals surface area contributed by atoms with E-state index in [1.54, 1.807) is 20.3 Å². The SMILES string of the molecule is C=CCOC[C@@H](O)CN(CCN1CCOCC1)Cc1ccc(OC)c(OC)c1. The van der Waals surface area contributed by atoms with Gasteiger partial charge in [-0.1, -0.05) is 12.1 Å². The maximum absolute atomic E-state index is 10.4. The molecule has 1 saturated heterocycles. The normalized spacial score (nSPS) is 16.1. The van der Waals surface area contributed by atoms with Crippen LogP contribution in [0.5, 0.6) is 11.5 Å². The van der Waals surface area contributed by atoms with Crippen molar-refractivity contribution in [1.82, 2.24) is 9.80 Å². The molecule has 0 unspecified atom stereocenters. The molecule has 0 aromatic heterocycles. The van der Waals surface area contributed by atoms with Crippen molar-refractivity contribution in [2.75, 3.05) is 73.4 Å². The molecular weight excluding hydrogens is 360 g/mol. The van der Waals surface area contributed by atoms with Gasteiger partial charge in [0.15, 0.2) is 11.5 Å². The summed E-state index contributed by atoms with van der Waals surface area (Å²) < 4.78 is 21.6. The molecule has 2 rings (SSSR count). The van der Waals surface area contributed by atoms with Crippen LogP contribution in [0.25, 0.3) is 0 Å². The lowest BCUT2D eigenvalue weighted by molar-refractivity contribution is 0.0128. The summed E-state index contributed by atoms with van der Waals surface area (Å²) in [5.74, 6) is 1.42. The molecule has 7 nitrogen and oxygen atoms in total. The van der Waals surface area contributed by atoms with Crippen molar-refractivity contribution >= 4 is 0 Å². The summed E-state index contributed by atoms with van der Waals surface area (Å²) in [7, 11) is 3.27. The number of hydrogen-bond donors (Lipinski definition) is 1. The van der Waals surface area contributed by atoms with Crippen molar-refractivity contribution in [1.29, 1.82) is 0 Å². The van der Waals surface area contributed by atoms with Gasteiger partial charge in [0, 0.05) is 39.3 Å². The van der Waals surface area contributed by atoms with Crippen molar-refractivity contribution in [2.24, 2.45) is 0 Å². The summed E-state index contributed by atoms with van der Waals surface area (Å²) in [5.41, 5.74) is 1.11. The van der Waals surface area contributed by atoms with Crippen LogP contribution in [0.15, 0.2) is 30.9 Å². The monoisotopic (exact) mass is 394 g/mol. The van der Waals surface area contributed by atoms with Crippen molar-refractivity contribution < 1.29 is 24.1 Å². The molecule has 0 bridgehead atoms. The highest BCUT2D eigenvalue weighted by Gasteiger charge is 2.17. The van der Waals surface area contributed by atoms with Crippen LogP contribution in [0.4, 0.5) is 0 Å². The molecule has 0 amide bonds. The van der Waals surface area contributed by atoms with Crippen LogP contribution in [-0.4, -0.2) is 94.4 Å². The molecule has 0 saturated carbocycles. The van der Waals surface area contributed by atoms with Gasteiger partial charge in [-0.25, -0.2) is 0 Å². The van der Waals surface area contributed by atoms with Crippen LogP contribution in [0.1, 0.15) is 5.56 Å². The number of nitrogens with zero attached hydrogens (tertiary/aromatic N) is 2. The smallest absolute Gasteiger partial charge is 0.161 e. The van der Waals surface area contributed by atoms with E-state index in [0.29, 0.717) is 37.8 Å². The summed E-state index contributed by atoms with van der Waals surface area (Å²) in [6.45, 7) is 10.9. The molecule has 1 N–H and O–H groups in total. The van der Waals surface area contributed by atoms with Crippen LogP contribution in [-0.2, 0) is 16.0 Å². The van der Waals surface area contributed by atoms with Gasteiger partial charge >= 0.3 is 0 Å². The van der Waals surface area contributed by atoms with Gasteiger partial charge in [0.2, 0.25) is 0 Å². The second-order valence-corrected chi connectivity index (χ2v) is 6.86. The van der Waals surface area contributed by atoms with Gasteiger partial charge in [-0.2, -0.15) is 0 Å². The number of hydrogen-bond acceptors (Lipinski definition) is 7. The average Bonchev–Trinajstić information content (AvgIpc) is 2.72.